The number of rotatable bonds is 6. The molecule has 9 nitrogen and oxygen atoms in total. The summed E-state index contributed by atoms with van der Waals surface area (Å²) in [5.74, 6) is 0.342. The Morgan fingerprint density at radius 2 is 1.94 bits per heavy atom. The third-order valence-corrected chi connectivity index (χ3v) is 8.90. The molecule has 0 amide bonds. The number of ether oxygens (including phenoxy) is 1. The molecule has 1 N–H and O–H groups in total. The monoisotopic (exact) mass is 505 g/mol. The lowest BCUT2D eigenvalue weighted by Gasteiger charge is -2.32. The largest absolute Gasteiger partial charge is 0.381 e. The van der Waals surface area contributed by atoms with Gasteiger partial charge < -0.3 is 10.1 Å². The molecule has 2 atom stereocenters. The van der Waals surface area contributed by atoms with E-state index in [2.05, 4.69) is 10.4 Å². The normalized spacial score (nSPS) is 21.0. The van der Waals surface area contributed by atoms with Crippen LogP contribution in [0.1, 0.15) is 44.2 Å². The second kappa shape index (κ2) is 10.4. The second-order valence-electron chi connectivity index (χ2n) is 8.80. The van der Waals surface area contributed by atoms with Crippen LogP contribution in [0.15, 0.2) is 40.2 Å². The van der Waals surface area contributed by atoms with E-state index in [0.29, 0.717) is 36.6 Å². The lowest BCUT2D eigenvalue weighted by Crippen LogP contribution is -2.41. The lowest BCUT2D eigenvalue weighted by atomic mass is 9.95. The average molecular weight is 506 g/mol. The summed E-state index contributed by atoms with van der Waals surface area (Å²) in [6, 6.07) is 7.69. The summed E-state index contributed by atoms with van der Waals surface area (Å²) in [5, 5.41) is 16.7. The minimum Gasteiger partial charge on any atom is -0.381 e. The Bertz CT molecular complexity index is 1210. The summed E-state index contributed by atoms with van der Waals surface area (Å²) >= 11 is 6.41. The van der Waals surface area contributed by atoms with Gasteiger partial charge in [-0.1, -0.05) is 11.6 Å². The maximum atomic E-state index is 13.0. The minimum atomic E-state index is -3.67. The van der Waals surface area contributed by atoms with Gasteiger partial charge in [0.15, 0.2) is 0 Å². The van der Waals surface area contributed by atoms with Crippen LogP contribution in [0.4, 0.5) is 5.69 Å². The Hall–Kier alpha value is -2.45. The van der Waals surface area contributed by atoms with Crippen molar-refractivity contribution in [1.29, 1.82) is 5.26 Å². The Morgan fingerprint density at radius 1 is 1.24 bits per heavy atom. The van der Waals surface area contributed by atoms with Crippen molar-refractivity contribution >= 4 is 27.3 Å². The van der Waals surface area contributed by atoms with E-state index in [0.717, 1.165) is 19.4 Å². The maximum absolute atomic E-state index is 13.0. The first-order valence-electron chi connectivity index (χ1n) is 11.4. The number of aromatic nitrogens is 2. The van der Waals surface area contributed by atoms with Crippen molar-refractivity contribution in [2.75, 3.05) is 31.6 Å². The number of anilines is 1. The number of piperidine rings is 1. The fourth-order valence-corrected chi connectivity index (χ4v) is 6.17. The molecule has 2 aromatic rings. The number of nitriles is 1. The Labute approximate surface area is 204 Å². The van der Waals surface area contributed by atoms with Gasteiger partial charge >= 0.3 is 0 Å². The number of hydrogen-bond acceptors (Lipinski definition) is 7. The quantitative estimate of drug-likeness (QED) is 0.641. The van der Waals surface area contributed by atoms with Crippen LogP contribution in [0.2, 0.25) is 5.02 Å². The maximum Gasteiger partial charge on any atom is 0.287 e. The molecule has 0 aliphatic carbocycles. The van der Waals surface area contributed by atoms with Gasteiger partial charge in [0.05, 0.1) is 41.1 Å². The number of nitrogens with one attached hydrogen (secondary N) is 1. The first-order chi connectivity index (χ1) is 16.3. The van der Waals surface area contributed by atoms with Gasteiger partial charge in [0.1, 0.15) is 5.02 Å². The molecule has 0 bridgehead atoms. The summed E-state index contributed by atoms with van der Waals surface area (Å²) in [6.45, 7) is 4.04. The molecule has 4 rings (SSSR count). The highest BCUT2D eigenvalue weighted by molar-refractivity contribution is 7.89. The predicted octanol–water partition coefficient (Wildman–Crippen LogP) is 3.02. The highest BCUT2D eigenvalue weighted by Gasteiger charge is 2.31. The van der Waals surface area contributed by atoms with Gasteiger partial charge in [-0.15, -0.1) is 0 Å². The molecule has 2 aliphatic rings. The first-order valence-corrected chi connectivity index (χ1v) is 13.2. The molecule has 2 aliphatic heterocycles. The lowest BCUT2D eigenvalue weighted by molar-refractivity contribution is 0.0496. The fraction of sp³-hybridized carbons (Fsp3) is 0.522. The van der Waals surface area contributed by atoms with E-state index < -0.39 is 10.0 Å². The molecule has 0 saturated carbocycles. The predicted molar refractivity (Wildman–Crippen MR) is 128 cm³/mol. The summed E-state index contributed by atoms with van der Waals surface area (Å²) in [6.07, 6.45) is 4.54. The molecule has 0 radical (unpaired) electrons. The van der Waals surface area contributed by atoms with Crippen LogP contribution >= 0.6 is 11.6 Å². The van der Waals surface area contributed by atoms with Crippen LogP contribution in [0.5, 0.6) is 0 Å². The van der Waals surface area contributed by atoms with Gasteiger partial charge in [-0.3, -0.25) is 4.79 Å². The molecular formula is C23H28ClN5O4S. The number of sulfonamides is 1. The van der Waals surface area contributed by atoms with E-state index in [1.807, 2.05) is 13.0 Å². The number of nitrogens with zero attached hydrogens (tertiary/aromatic N) is 4. The number of hydrogen-bond donors (Lipinski definition) is 1. The van der Waals surface area contributed by atoms with Gasteiger partial charge in [0, 0.05) is 31.7 Å². The molecular weight excluding hydrogens is 478 g/mol. The first kappa shape index (κ1) is 24.7. The van der Waals surface area contributed by atoms with Crippen LogP contribution in [-0.4, -0.2) is 54.8 Å². The second-order valence-corrected chi connectivity index (χ2v) is 11.1. The van der Waals surface area contributed by atoms with Crippen molar-refractivity contribution < 1.29 is 13.2 Å². The highest BCUT2D eigenvalue weighted by Crippen LogP contribution is 2.28. The zero-order valence-electron chi connectivity index (χ0n) is 19.0. The fourth-order valence-electron chi connectivity index (χ4n) is 4.51. The van der Waals surface area contributed by atoms with E-state index in [-0.39, 0.29) is 40.7 Å². The Kier molecular flexibility index (Phi) is 7.57. The zero-order valence-corrected chi connectivity index (χ0v) is 20.6. The number of halogens is 1. The summed E-state index contributed by atoms with van der Waals surface area (Å²) < 4.78 is 34.2. The third kappa shape index (κ3) is 5.13. The standard InChI is InChI=1S/C23H28ClN5O4S/c1-16(18-3-2-12-33-15-18)27-21-14-26-29(23(30)22(21)24)19-8-10-28(11-9-19)34(31,32)20-6-4-17(13-25)5-7-20/h4-7,14,16,18-19,27H,2-3,8-12,15H2,1H3/t16-,18+/m0/s1. The van der Waals surface area contributed by atoms with Gasteiger partial charge in [-0.05, 0) is 56.9 Å². The van der Waals surface area contributed by atoms with Gasteiger partial charge in [-0.2, -0.15) is 14.7 Å². The van der Waals surface area contributed by atoms with Crippen LogP contribution in [0, 0.1) is 17.2 Å². The summed E-state index contributed by atoms with van der Waals surface area (Å²) in [4.78, 5) is 13.1. The molecule has 11 heteroatoms. The zero-order chi connectivity index (χ0) is 24.3. The highest BCUT2D eigenvalue weighted by atomic mass is 35.5. The molecule has 3 heterocycles. The number of benzene rings is 1. The Morgan fingerprint density at radius 3 is 2.56 bits per heavy atom. The van der Waals surface area contributed by atoms with Gasteiger partial charge in [0.2, 0.25) is 10.0 Å². The van der Waals surface area contributed by atoms with Crippen LogP contribution in [0.25, 0.3) is 0 Å². The SMILES string of the molecule is C[C@H](Nc1cnn(C2CCN(S(=O)(=O)c3ccc(C#N)cc3)CC2)c(=O)c1Cl)[C@@H]1CCCOC1. The van der Waals surface area contributed by atoms with Crippen LogP contribution in [0.3, 0.4) is 0 Å². The molecule has 0 unspecified atom stereocenters. The minimum absolute atomic E-state index is 0.0884. The van der Waals surface area contributed by atoms with Gasteiger partial charge in [0.25, 0.3) is 5.56 Å². The smallest absolute Gasteiger partial charge is 0.287 e. The molecule has 182 valence electrons. The third-order valence-electron chi connectivity index (χ3n) is 6.62. The summed E-state index contributed by atoms with van der Waals surface area (Å²) in [5.41, 5.74) is 0.522. The van der Waals surface area contributed by atoms with Crippen molar-refractivity contribution in [2.45, 2.75) is 49.6 Å². The van der Waals surface area contributed by atoms with E-state index >= 15 is 0 Å². The molecule has 0 spiro atoms. The van der Waals surface area contributed by atoms with E-state index in [9.17, 15) is 13.2 Å². The average Bonchev–Trinajstić information content (AvgIpc) is 2.87. The molecule has 34 heavy (non-hydrogen) atoms. The van der Waals surface area contributed by atoms with Crippen molar-refractivity contribution in [3.05, 3.63) is 51.4 Å². The van der Waals surface area contributed by atoms with Crippen molar-refractivity contribution in [3.63, 3.8) is 0 Å². The van der Waals surface area contributed by atoms with Gasteiger partial charge in [-0.25, -0.2) is 13.1 Å². The Balaban J connectivity index is 1.42. The molecule has 1 aromatic heterocycles. The van der Waals surface area contributed by atoms with E-state index in [1.165, 1.54) is 33.3 Å². The molecule has 1 aromatic carbocycles. The van der Waals surface area contributed by atoms with E-state index in [4.69, 9.17) is 21.6 Å². The van der Waals surface area contributed by atoms with Crippen molar-refractivity contribution in [3.8, 4) is 6.07 Å². The topological polar surface area (TPSA) is 117 Å². The van der Waals surface area contributed by atoms with Crippen molar-refractivity contribution in [2.24, 2.45) is 5.92 Å². The van der Waals surface area contributed by atoms with Crippen LogP contribution in [-0.2, 0) is 14.8 Å². The summed E-state index contributed by atoms with van der Waals surface area (Å²) in [7, 11) is -3.67. The van der Waals surface area contributed by atoms with Crippen molar-refractivity contribution in [1.82, 2.24) is 14.1 Å². The van der Waals surface area contributed by atoms with E-state index in [1.54, 1.807) is 6.20 Å². The van der Waals surface area contributed by atoms with Crippen LogP contribution < -0.4 is 10.9 Å². The molecule has 2 fully saturated rings. The molecule has 2 saturated heterocycles.